The van der Waals surface area contributed by atoms with Crippen LogP contribution in [0.15, 0.2) is 146 Å². The minimum atomic E-state index is -0.664. The van der Waals surface area contributed by atoms with Gasteiger partial charge in [0.2, 0.25) is 0 Å². The highest BCUT2D eigenvalue weighted by Crippen LogP contribution is 2.42. The highest BCUT2D eigenvalue weighted by atomic mass is 16.5. The number of hydrogen-bond donors (Lipinski definition) is 0. The van der Waals surface area contributed by atoms with Crippen molar-refractivity contribution in [2.24, 2.45) is 0 Å². The zero-order valence-electron chi connectivity index (χ0n) is 24.7. The Morgan fingerprint density at radius 1 is 0.333 bits per heavy atom. The zero-order chi connectivity index (χ0) is 29.0. The third-order valence-electron chi connectivity index (χ3n) is 9.74. The minimum absolute atomic E-state index is 0.154. The summed E-state index contributed by atoms with van der Waals surface area (Å²) in [5, 5.41) is 0. The third kappa shape index (κ3) is 4.17. The maximum Gasteiger partial charge on any atom is 0.129 e. The van der Waals surface area contributed by atoms with Crippen LogP contribution in [0.25, 0.3) is 22.3 Å². The molecule has 0 amide bonds. The van der Waals surface area contributed by atoms with Crippen LogP contribution >= 0.6 is 0 Å². The Kier molecular flexibility index (Phi) is 6.13. The molecule has 2 heteroatoms. The first kappa shape index (κ1) is 26.6. The molecule has 4 aromatic rings. The fraction of sp³-hybridized carbons (Fsp3) is 0.200. The van der Waals surface area contributed by atoms with Gasteiger partial charge in [0.1, 0.15) is 11.2 Å². The lowest BCUT2D eigenvalue weighted by atomic mass is 9.70. The molecule has 12 aliphatic carbocycles. The van der Waals surface area contributed by atoms with E-state index < -0.39 is 11.2 Å². The summed E-state index contributed by atoms with van der Waals surface area (Å²) in [7, 11) is 3.51. The number of ether oxygens (including phenoxy) is 2. The zero-order valence-corrected chi connectivity index (χ0v) is 24.7. The van der Waals surface area contributed by atoms with Crippen LogP contribution in [0.5, 0.6) is 0 Å². The van der Waals surface area contributed by atoms with Crippen molar-refractivity contribution in [3.05, 3.63) is 168 Å². The number of benzene rings is 4. The molecule has 0 radical (unpaired) electrons. The number of methoxy groups -OCH3 is 2. The van der Waals surface area contributed by atoms with Gasteiger partial charge in [-0.3, -0.25) is 0 Å². The molecule has 0 unspecified atom stereocenters. The molecule has 0 N–H and O–H groups in total. The van der Waals surface area contributed by atoms with Crippen molar-refractivity contribution in [3.63, 3.8) is 0 Å². The van der Waals surface area contributed by atoms with Gasteiger partial charge >= 0.3 is 0 Å². The van der Waals surface area contributed by atoms with Crippen molar-refractivity contribution in [1.82, 2.24) is 0 Å². The Hall–Kier alpha value is -4.24. The van der Waals surface area contributed by atoms with Gasteiger partial charge in [-0.15, -0.1) is 0 Å². The largest absolute Gasteiger partial charge is 0.365 e. The number of allylic oxidation sites excluding steroid dienone is 4. The molecule has 42 heavy (non-hydrogen) atoms. The van der Waals surface area contributed by atoms with Gasteiger partial charge in [-0.2, -0.15) is 0 Å². The van der Waals surface area contributed by atoms with Crippen molar-refractivity contribution in [3.8, 4) is 22.3 Å². The summed E-state index contributed by atoms with van der Waals surface area (Å²) in [6, 6.07) is 35.3. The van der Waals surface area contributed by atoms with Crippen LogP contribution in [0.4, 0.5) is 0 Å². The summed E-state index contributed by atoms with van der Waals surface area (Å²) < 4.78 is 12.2. The molecule has 0 spiro atoms. The predicted octanol–water partition coefficient (Wildman–Crippen LogP) is 9.19. The Morgan fingerprint density at radius 3 is 0.810 bits per heavy atom. The molecule has 0 atom stereocenters. The molecule has 208 valence electrons. The van der Waals surface area contributed by atoms with E-state index in [1.807, 2.05) is 0 Å². The van der Waals surface area contributed by atoms with Gasteiger partial charge < -0.3 is 9.47 Å². The summed E-state index contributed by atoms with van der Waals surface area (Å²) in [4.78, 5) is 0. The molecule has 16 rings (SSSR count). The van der Waals surface area contributed by atoms with E-state index in [1.54, 1.807) is 14.2 Å². The van der Waals surface area contributed by atoms with Crippen LogP contribution < -0.4 is 0 Å². The van der Waals surface area contributed by atoms with Crippen LogP contribution in [0.3, 0.4) is 0 Å². The molecule has 12 bridgehead atoms. The standard InChI is InChI=1S/C40H36O2/c1-37-21-23-38(2,24-22-37)34-15-7-30(8-16-34)32-11-19-36(20-12-32)40(42-4)27-25-39(41-3,26-28-40)35-17-9-31(10-18-35)29-5-13-33(37)14-6-29/h5-28H,1-4H3. The topological polar surface area (TPSA) is 18.5 Å². The summed E-state index contributed by atoms with van der Waals surface area (Å²) in [6.07, 6.45) is 17.9. The first-order valence-electron chi connectivity index (χ1n) is 14.7. The summed E-state index contributed by atoms with van der Waals surface area (Å²) >= 11 is 0. The molecule has 0 aliphatic heterocycles. The van der Waals surface area contributed by atoms with E-state index in [4.69, 9.17) is 9.47 Å². The summed E-state index contributed by atoms with van der Waals surface area (Å²) in [5.74, 6) is 0. The number of rotatable bonds is 2. The second-order valence-electron chi connectivity index (χ2n) is 12.2. The van der Waals surface area contributed by atoms with Gasteiger partial charge in [0, 0.05) is 25.0 Å². The van der Waals surface area contributed by atoms with E-state index in [1.165, 1.54) is 33.4 Å². The second-order valence-corrected chi connectivity index (χ2v) is 12.2. The molecule has 12 aliphatic rings. The smallest absolute Gasteiger partial charge is 0.129 e. The Morgan fingerprint density at radius 2 is 0.571 bits per heavy atom. The normalized spacial score (nSPS) is 28.7. The summed E-state index contributed by atoms with van der Waals surface area (Å²) in [5.41, 5.74) is 7.82. The molecular formula is C40H36O2. The maximum atomic E-state index is 6.12. The lowest BCUT2D eigenvalue weighted by Crippen LogP contribution is -2.33. The molecule has 4 aromatic carbocycles. The Labute approximate surface area is 249 Å². The average Bonchev–Trinajstić information content (AvgIpc) is 3.06. The van der Waals surface area contributed by atoms with E-state index in [9.17, 15) is 0 Å². The molecule has 0 aromatic heterocycles. The minimum Gasteiger partial charge on any atom is -0.365 e. The van der Waals surface area contributed by atoms with Gasteiger partial charge in [0.25, 0.3) is 0 Å². The molecule has 0 heterocycles. The van der Waals surface area contributed by atoms with Crippen molar-refractivity contribution in [1.29, 1.82) is 0 Å². The van der Waals surface area contributed by atoms with Gasteiger partial charge in [-0.25, -0.2) is 0 Å². The lowest BCUT2D eigenvalue weighted by Gasteiger charge is -2.36. The highest BCUT2D eigenvalue weighted by molar-refractivity contribution is 5.67. The van der Waals surface area contributed by atoms with Crippen LogP contribution in [0.2, 0.25) is 0 Å². The first-order valence-corrected chi connectivity index (χ1v) is 14.7. The second kappa shape index (κ2) is 9.66. The molecule has 0 fully saturated rings. The highest BCUT2D eigenvalue weighted by Gasteiger charge is 2.36. The predicted molar refractivity (Wildman–Crippen MR) is 172 cm³/mol. The Bertz CT molecular complexity index is 1570. The maximum absolute atomic E-state index is 6.12. The van der Waals surface area contributed by atoms with Crippen LogP contribution in [0, 0.1) is 0 Å². The van der Waals surface area contributed by atoms with Crippen LogP contribution in [-0.2, 0) is 31.5 Å². The van der Waals surface area contributed by atoms with Crippen LogP contribution in [0.1, 0.15) is 36.1 Å². The fourth-order valence-electron chi connectivity index (χ4n) is 6.58. The van der Waals surface area contributed by atoms with Crippen molar-refractivity contribution in [2.45, 2.75) is 35.9 Å². The fourth-order valence-corrected chi connectivity index (χ4v) is 6.58. The van der Waals surface area contributed by atoms with Gasteiger partial charge in [0.15, 0.2) is 0 Å². The summed E-state index contributed by atoms with van der Waals surface area (Å²) in [6.45, 7) is 4.57. The van der Waals surface area contributed by atoms with E-state index >= 15 is 0 Å². The number of hydrogen-bond acceptors (Lipinski definition) is 2. The molecular weight excluding hydrogens is 512 g/mol. The van der Waals surface area contributed by atoms with Gasteiger partial charge in [-0.1, -0.05) is 121 Å². The average molecular weight is 549 g/mol. The van der Waals surface area contributed by atoms with E-state index in [0.717, 1.165) is 11.1 Å². The van der Waals surface area contributed by atoms with E-state index in [2.05, 4.69) is 160 Å². The lowest BCUT2D eigenvalue weighted by molar-refractivity contribution is 0.0422. The Balaban J connectivity index is 1.36. The van der Waals surface area contributed by atoms with Gasteiger partial charge in [0.05, 0.1) is 0 Å². The van der Waals surface area contributed by atoms with E-state index in [-0.39, 0.29) is 10.8 Å². The van der Waals surface area contributed by atoms with E-state index in [0.29, 0.717) is 0 Å². The van der Waals surface area contributed by atoms with Crippen molar-refractivity contribution >= 4 is 0 Å². The molecule has 0 saturated heterocycles. The quantitative estimate of drug-likeness (QED) is 0.233. The SMILES string of the molecule is COC12C=CC(OC)(C=C1)c1ccc(cc1)-c1ccc(cc1)C1(C)C=CC(C)(C=C1)c1ccc(cc1)-c1ccc2cc1. The molecule has 0 saturated carbocycles. The molecule has 2 nitrogen and oxygen atoms in total. The van der Waals surface area contributed by atoms with Gasteiger partial charge in [-0.05, 0) is 82.7 Å². The van der Waals surface area contributed by atoms with Crippen LogP contribution in [-0.4, -0.2) is 14.2 Å². The van der Waals surface area contributed by atoms with Crippen molar-refractivity contribution in [2.75, 3.05) is 14.2 Å². The third-order valence-corrected chi connectivity index (χ3v) is 9.74. The van der Waals surface area contributed by atoms with Crippen molar-refractivity contribution < 1.29 is 9.47 Å². The monoisotopic (exact) mass is 548 g/mol. The first-order chi connectivity index (χ1) is 20.3.